The number of nitrogens with zero attached hydrogens (tertiary/aromatic N) is 3. The number of carbonyl (C=O) groups is 1. The second-order valence-corrected chi connectivity index (χ2v) is 4.44. The summed E-state index contributed by atoms with van der Waals surface area (Å²) >= 11 is 0. The Balaban J connectivity index is 2.03. The third-order valence-electron chi connectivity index (χ3n) is 3.20. The van der Waals surface area contributed by atoms with Gasteiger partial charge in [-0.2, -0.15) is 0 Å². The highest BCUT2D eigenvalue weighted by atomic mass is 16.5. The average molecular weight is 265 g/mol. The van der Waals surface area contributed by atoms with Crippen LogP contribution in [0.5, 0.6) is 0 Å². The number of carbonyl (C=O) groups excluding carboxylic acids is 1. The fraction of sp³-hybridized carbons (Fsp3) is 0.615. The van der Waals surface area contributed by atoms with E-state index in [4.69, 9.17) is 4.74 Å². The zero-order chi connectivity index (χ0) is 13.7. The van der Waals surface area contributed by atoms with E-state index in [1.807, 2.05) is 0 Å². The van der Waals surface area contributed by atoms with Crippen LogP contribution in [-0.4, -0.2) is 49.1 Å². The normalized spacial score (nSPS) is 18.3. The van der Waals surface area contributed by atoms with Crippen LogP contribution in [0, 0.1) is 0 Å². The van der Waals surface area contributed by atoms with E-state index in [1.54, 1.807) is 12.1 Å². The molecule has 1 aromatic rings. The van der Waals surface area contributed by atoms with Crippen LogP contribution in [0.4, 0.5) is 5.82 Å². The highest BCUT2D eigenvalue weighted by molar-refractivity contribution is 5.86. The molecule has 0 bridgehead atoms. The Labute approximate surface area is 112 Å². The van der Waals surface area contributed by atoms with Gasteiger partial charge in [-0.1, -0.05) is 0 Å². The maximum atomic E-state index is 11.3. The van der Waals surface area contributed by atoms with Gasteiger partial charge in [0.1, 0.15) is 0 Å². The monoisotopic (exact) mass is 265 g/mol. The van der Waals surface area contributed by atoms with Crippen molar-refractivity contribution < 1.29 is 14.3 Å². The molecule has 0 aliphatic carbocycles. The van der Waals surface area contributed by atoms with Crippen molar-refractivity contribution in [1.82, 2.24) is 10.2 Å². The lowest BCUT2D eigenvalue weighted by Crippen LogP contribution is -2.32. The van der Waals surface area contributed by atoms with E-state index in [0.29, 0.717) is 0 Å². The maximum absolute atomic E-state index is 11.3. The Kier molecular flexibility index (Phi) is 4.68. The molecule has 6 heteroatoms. The Morgan fingerprint density at radius 2 is 2.37 bits per heavy atom. The van der Waals surface area contributed by atoms with Crippen LogP contribution < -0.4 is 4.90 Å². The fourth-order valence-electron chi connectivity index (χ4n) is 2.13. The van der Waals surface area contributed by atoms with Gasteiger partial charge in [0.2, 0.25) is 0 Å². The minimum atomic E-state index is -0.471. The van der Waals surface area contributed by atoms with E-state index in [1.165, 1.54) is 7.11 Å². The number of aromatic nitrogens is 2. The highest BCUT2D eigenvalue weighted by Gasteiger charge is 2.19. The van der Waals surface area contributed by atoms with Gasteiger partial charge in [0.15, 0.2) is 11.5 Å². The molecule has 19 heavy (non-hydrogen) atoms. The molecule has 1 fully saturated rings. The first-order valence-electron chi connectivity index (χ1n) is 6.53. The van der Waals surface area contributed by atoms with Crippen molar-refractivity contribution in [2.24, 2.45) is 0 Å². The minimum Gasteiger partial charge on any atom is -0.464 e. The molecular weight excluding hydrogens is 246 g/mol. The first-order valence-corrected chi connectivity index (χ1v) is 6.53. The molecule has 1 unspecified atom stereocenters. The summed E-state index contributed by atoms with van der Waals surface area (Å²) in [6, 6.07) is 3.42. The highest BCUT2D eigenvalue weighted by Crippen LogP contribution is 2.17. The molecule has 2 rings (SSSR count). The van der Waals surface area contributed by atoms with Crippen LogP contribution in [-0.2, 0) is 9.47 Å². The summed E-state index contributed by atoms with van der Waals surface area (Å²) in [6.07, 6.45) is 2.47. The fourth-order valence-corrected chi connectivity index (χ4v) is 2.13. The second kappa shape index (κ2) is 6.47. The molecule has 0 saturated carbocycles. The molecule has 0 amide bonds. The summed E-state index contributed by atoms with van der Waals surface area (Å²) in [5.41, 5.74) is 0.222. The number of anilines is 1. The molecule has 1 atom stereocenters. The summed E-state index contributed by atoms with van der Waals surface area (Å²) in [7, 11) is 1.33. The number of rotatable bonds is 5. The molecule has 0 N–H and O–H groups in total. The van der Waals surface area contributed by atoms with Crippen molar-refractivity contribution >= 4 is 11.8 Å². The third-order valence-corrected chi connectivity index (χ3v) is 3.20. The third kappa shape index (κ3) is 3.41. The van der Waals surface area contributed by atoms with E-state index in [0.717, 1.165) is 38.4 Å². The zero-order valence-corrected chi connectivity index (χ0v) is 11.3. The summed E-state index contributed by atoms with van der Waals surface area (Å²) in [5.74, 6) is 0.284. The van der Waals surface area contributed by atoms with Gasteiger partial charge in [0, 0.05) is 19.7 Å². The summed E-state index contributed by atoms with van der Waals surface area (Å²) < 4.78 is 10.2. The Hall–Kier alpha value is -1.69. The van der Waals surface area contributed by atoms with Gasteiger partial charge in [0.05, 0.1) is 13.2 Å². The van der Waals surface area contributed by atoms with Crippen LogP contribution in [0.2, 0.25) is 0 Å². The molecule has 104 valence electrons. The van der Waals surface area contributed by atoms with Crippen molar-refractivity contribution in [3.63, 3.8) is 0 Å². The molecule has 0 radical (unpaired) electrons. The summed E-state index contributed by atoms with van der Waals surface area (Å²) in [6.45, 7) is 4.54. The van der Waals surface area contributed by atoms with Crippen molar-refractivity contribution in [2.75, 3.05) is 31.7 Å². The number of esters is 1. The van der Waals surface area contributed by atoms with Crippen LogP contribution in [0.15, 0.2) is 12.1 Å². The van der Waals surface area contributed by atoms with Gasteiger partial charge in [-0.25, -0.2) is 4.79 Å². The van der Waals surface area contributed by atoms with Gasteiger partial charge in [-0.3, -0.25) is 0 Å². The Morgan fingerprint density at radius 1 is 1.53 bits per heavy atom. The second-order valence-electron chi connectivity index (χ2n) is 4.44. The van der Waals surface area contributed by atoms with E-state index in [9.17, 15) is 4.79 Å². The molecule has 1 aliphatic rings. The van der Waals surface area contributed by atoms with Crippen molar-refractivity contribution in [2.45, 2.75) is 25.9 Å². The maximum Gasteiger partial charge on any atom is 0.358 e. The lowest BCUT2D eigenvalue weighted by Gasteiger charge is -2.24. The molecule has 0 aromatic carbocycles. The molecule has 0 spiro atoms. The number of likely N-dealkylation sites (N-methyl/N-ethyl adjacent to an activating group) is 1. The van der Waals surface area contributed by atoms with Gasteiger partial charge in [-0.05, 0) is 31.9 Å². The predicted molar refractivity (Wildman–Crippen MR) is 70.2 cm³/mol. The van der Waals surface area contributed by atoms with Crippen LogP contribution in [0.25, 0.3) is 0 Å². The average Bonchev–Trinajstić information content (AvgIpc) is 2.97. The smallest absolute Gasteiger partial charge is 0.358 e. The van der Waals surface area contributed by atoms with Crippen LogP contribution in [0.1, 0.15) is 30.3 Å². The molecule has 1 aromatic heterocycles. The minimum absolute atomic E-state index is 0.222. The lowest BCUT2D eigenvalue weighted by atomic mass is 10.2. The lowest BCUT2D eigenvalue weighted by molar-refractivity contribution is 0.0592. The number of hydrogen-bond donors (Lipinski definition) is 0. The van der Waals surface area contributed by atoms with E-state index < -0.39 is 5.97 Å². The number of hydrogen-bond acceptors (Lipinski definition) is 6. The van der Waals surface area contributed by atoms with Crippen molar-refractivity contribution in [3.05, 3.63) is 17.8 Å². The van der Waals surface area contributed by atoms with E-state index in [2.05, 4.69) is 26.8 Å². The zero-order valence-electron chi connectivity index (χ0n) is 11.3. The molecule has 1 aliphatic heterocycles. The van der Waals surface area contributed by atoms with Gasteiger partial charge in [-0.15, -0.1) is 10.2 Å². The van der Waals surface area contributed by atoms with Crippen molar-refractivity contribution in [3.8, 4) is 0 Å². The molecular formula is C13H19N3O3. The van der Waals surface area contributed by atoms with Gasteiger partial charge >= 0.3 is 5.97 Å². The van der Waals surface area contributed by atoms with Crippen LogP contribution >= 0.6 is 0 Å². The van der Waals surface area contributed by atoms with Crippen molar-refractivity contribution in [1.29, 1.82) is 0 Å². The molecule has 1 saturated heterocycles. The SMILES string of the molecule is CCN(CC1CCCO1)c1ccc(C(=O)OC)nn1. The first kappa shape index (κ1) is 13.7. The Morgan fingerprint density at radius 3 is 2.89 bits per heavy atom. The van der Waals surface area contributed by atoms with E-state index in [-0.39, 0.29) is 11.8 Å². The Bertz CT molecular complexity index is 416. The summed E-state index contributed by atoms with van der Waals surface area (Å²) in [4.78, 5) is 13.4. The number of methoxy groups -OCH3 is 1. The molecule has 6 nitrogen and oxygen atoms in total. The van der Waals surface area contributed by atoms with Crippen LogP contribution in [0.3, 0.4) is 0 Å². The standard InChI is InChI=1S/C13H19N3O3/c1-3-16(9-10-5-4-8-19-10)12-7-6-11(14-15-12)13(17)18-2/h6-7,10H,3-5,8-9H2,1-2H3. The van der Waals surface area contributed by atoms with Gasteiger partial charge in [0.25, 0.3) is 0 Å². The molecule has 2 heterocycles. The quantitative estimate of drug-likeness (QED) is 0.747. The largest absolute Gasteiger partial charge is 0.464 e. The van der Waals surface area contributed by atoms with Gasteiger partial charge < -0.3 is 14.4 Å². The summed E-state index contributed by atoms with van der Waals surface area (Å²) in [5, 5.41) is 7.97. The van der Waals surface area contributed by atoms with E-state index >= 15 is 0 Å². The first-order chi connectivity index (χ1) is 9.24. The topological polar surface area (TPSA) is 64.5 Å². The number of ether oxygens (including phenoxy) is 2. The predicted octanol–water partition coefficient (Wildman–Crippen LogP) is 1.27.